The van der Waals surface area contributed by atoms with Gasteiger partial charge in [0.2, 0.25) is 0 Å². The fourth-order valence-corrected chi connectivity index (χ4v) is 5.70. The van der Waals surface area contributed by atoms with E-state index in [4.69, 9.17) is 0 Å². The highest BCUT2D eigenvalue weighted by atomic mass is 32.2. The second-order valence-corrected chi connectivity index (χ2v) is 8.75. The maximum atomic E-state index is 2.42. The van der Waals surface area contributed by atoms with E-state index in [2.05, 4.69) is 91.2 Å². The molecule has 0 spiro atoms. The van der Waals surface area contributed by atoms with Crippen molar-refractivity contribution >= 4 is 33.7 Å². The summed E-state index contributed by atoms with van der Waals surface area (Å²) in [7, 11) is 0. The zero-order valence-electron chi connectivity index (χ0n) is 15.8. The molecule has 28 heavy (non-hydrogen) atoms. The van der Waals surface area contributed by atoms with Gasteiger partial charge in [0.05, 0.1) is 0 Å². The third-order valence-corrected chi connectivity index (χ3v) is 7.17. The molecule has 0 N–H and O–H groups in total. The van der Waals surface area contributed by atoms with Crippen LogP contribution < -0.4 is 0 Å². The molecule has 2 aliphatic rings. The summed E-state index contributed by atoms with van der Waals surface area (Å²) < 4.78 is 0. The number of hydrogen-bond acceptors (Lipinski definition) is 1. The van der Waals surface area contributed by atoms with Gasteiger partial charge in [0, 0.05) is 5.25 Å². The van der Waals surface area contributed by atoms with E-state index in [0.29, 0.717) is 5.25 Å². The van der Waals surface area contributed by atoms with Crippen molar-refractivity contribution in [2.24, 2.45) is 0 Å². The monoisotopic (exact) mass is 376 g/mol. The summed E-state index contributed by atoms with van der Waals surface area (Å²) in [6.07, 6.45) is 3.29. The summed E-state index contributed by atoms with van der Waals surface area (Å²) in [5, 5.41) is 3.20. The molecule has 6 rings (SSSR count). The minimum atomic E-state index is 0.483. The lowest BCUT2D eigenvalue weighted by Gasteiger charge is -2.20. The van der Waals surface area contributed by atoms with Crippen molar-refractivity contribution in [3.05, 3.63) is 118 Å². The van der Waals surface area contributed by atoms with Crippen LogP contribution in [0.3, 0.4) is 0 Å². The standard InChI is InChI=1S/C27H20S/c1-28-24-15-17-6-2-10-20(14-17)26-22-12-4-7-18-8-5-13-23(25(18)22)27(26)21-11-3-9-19(24)16-21/h2-14,16,24H,15H2,1H3. The molecular formula is C27H20S. The van der Waals surface area contributed by atoms with Crippen molar-refractivity contribution < 1.29 is 0 Å². The van der Waals surface area contributed by atoms with Gasteiger partial charge in [0.15, 0.2) is 0 Å². The number of benzene rings is 4. The SMILES string of the molecule is CSC1Cc2cccc(c2)C2=C(c3cccc1c3)c1cccc3cccc2c13. The average Bonchev–Trinajstić information content (AvgIpc) is 3.08. The topological polar surface area (TPSA) is 0 Å². The molecule has 0 heterocycles. The Morgan fingerprint density at radius 1 is 0.714 bits per heavy atom. The lowest BCUT2D eigenvalue weighted by molar-refractivity contribution is 0.933. The average molecular weight is 377 g/mol. The highest BCUT2D eigenvalue weighted by Gasteiger charge is 2.27. The summed E-state index contributed by atoms with van der Waals surface area (Å²) in [5.74, 6) is 0. The first-order valence-electron chi connectivity index (χ1n) is 9.83. The van der Waals surface area contributed by atoms with Crippen molar-refractivity contribution in [1.29, 1.82) is 0 Å². The predicted molar refractivity (Wildman–Crippen MR) is 122 cm³/mol. The van der Waals surface area contributed by atoms with Crippen LogP contribution >= 0.6 is 11.8 Å². The van der Waals surface area contributed by atoms with Gasteiger partial charge >= 0.3 is 0 Å². The smallest absolute Gasteiger partial charge is 0.0335 e. The third kappa shape index (κ3) is 2.26. The van der Waals surface area contributed by atoms with Gasteiger partial charge in [-0.3, -0.25) is 0 Å². The van der Waals surface area contributed by atoms with Crippen LogP contribution in [0.5, 0.6) is 0 Å². The van der Waals surface area contributed by atoms with Gasteiger partial charge in [-0.15, -0.1) is 0 Å². The quantitative estimate of drug-likeness (QED) is 0.300. The van der Waals surface area contributed by atoms with Crippen LogP contribution in [0, 0.1) is 0 Å². The van der Waals surface area contributed by atoms with Crippen molar-refractivity contribution in [3.8, 4) is 0 Å². The second-order valence-electron chi connectivity index (χ2n) is 7.71. The molecule has 4 aromatic rings. The highest BCUT2D eigenvalue weighted by molar-refractivity contribution is 7.98. The first-order valence-corrected chi connectivity index (χ1v) is 11.1. The van der Waals surface area contributed by atoms with Crippen molar-refractivity contribution in [2.45, 2.75) is 11.7 Å². The van der Waals surface area contributed by atoms with E-state index in [-0.39, 0.29) is 0 Å². The molecule has 1 unspecified atom stereocenters. The summed E-state index contributed by atoms with van der Waals surface area (Å²) in [6.45, 7) is 0. The summed E-state index contributed by atoms with van der Waals surface area (Å²) in [4.78, 5) is 0. The molecular weight excluding hydrogens is 356 g/mol. The molecule has 1 heteroatoms. The Morgan fingerprint density at radius 2 is 1.36 bits per heavy atom. The largest absolute Gasteiger partial charge is 0.157 e. The van der Waals surface area contributed by atoms with Crippen LogP contribution in [0.15, 0.2) is 84.9 Å². The molecule has 4 aromatic carbocycles. The molecule has 0 saturated carbocycles. The van der Waals surface area contributed by atoms with Gasteiger partial charge in [0.25, 0.3) is 0 Å². The Bertz CT molecular complexity index is 1270. The van der Waals surface area contributed by atoms with Crippen LogP contribution in [0.2, 0.25) is 0 Å². The molecule has 0 amide bonds. The van der Waals surface area contributed by atoms with E-state index in [1.165, 1.54) is 55.3 Å². The van der Waals surface area contributed by atoms with Gasteiger partial charge in [-0.1, -0.05) is 78.9 Å². The number of hydrogen-bond donors (Lipinski definition) is 0. The van der Waals surface area contributed by atoms with E-state index in [0.717, 1.165) is 6.42 Å². The van der Waals surface area contributed by atoms with E-state index in [1.54, 1.807) is 0 Å². The van der Waals surface area contributed by atoms with Crippen LogP contribution in [0.1, 0.15) is 38.6 Å². The molecule has 0 radical (unpaired) electrons. The van der Waals surface area contributed by atoms with Gasteiger partial charge in [-0.25, -0.2) is 0 Å². The molecule has 0 nitrogen and oxygen atoms in total. The zero-order valence-corrected chi connectivity index (χ0v) is 16.6. The van der Waals surface area contributed by atoms with Gasteiger partial charge in [-0.05, 0) is 74.0 Å². The lowest BCUT2D eigenvalue weighted by Crippen LogP contribution is -2.02. The first-order chi connectivity index (χ1) is 13.8. The van der Waals surface area contributed by atoms with Crippen LogP contribution in [0.25, 0.3) is 21.9 Å². The minimum Gasteiger partial charge on any atom is -0.157 e. The van der Waals surface area contributed by atoms with E-state index < -0.39 is 0 Å². The maximum absolute atomic E-state index is 2.42. The van der Waals surface area contributed by atoms with Crippen LogP contribution in [0.4, 0.5) is 0 Å². The normalized spacial score (nSPS) is 17.0. The Morgan fingerprint density at radius 3 is 2.07 bits per heavy atom. The fourth-order valence-electron chi connectivity index (χ4n) is 4.93. The van der Waals surface area contributed by atoms with E-state index in [9.17, 15) is 0 Å². The zero-order chi connectivity index (χ0) is 18.7. The molecule has 1 atom stereocenters. The van der Waals surface area contributed by atoms with E-state index >= 15 is 0 Å². The van der Waals surface area contributed by atoms with E-state index in [1.807, 2.05) is 11.8 Å². The van der Waals surface area contributed by atoms with Crippen LogP contribution in [-0.2, 0) is 6.42 Å². The number of rotatable bonds is 1. The van der Waals surface area contributed by atoms with Crippen molar-refractivity contribution in [2.75, 3.05) is 6.26 Å². The fraction of sp³-hybridized carbons (Fsp3) is 0.111. The van der Waals surface area contributed by atoms with Crippen LogP contribution in [-0.4, -0.2) is 6.26 Å². The predicted octanol–water partition coefficient (Wildman–Crippen LogP) is 7.12. The molecule has 4 bridgehead atoms. The second kappa shape index (κ2) is 6.12. The van der Waals surface area contributed by atoms with Crippen molar-refractivity contribution in [3.63, 3.8) is 0 Å². The Labute approximate surface area is 169 Å². The van der Waals surface area contributed by atoms with Gasteiger partial charge in [0.1, 0.15) is 0 Å². The molecule has 0 saturated heterocycles. The Balaban J connectivity index is 1.77. The summed E-state index contributed by atoms with van der Waals surface area (Å²) >= 11 is 1.95. The lowest BCUT2D eigenvalue weighted by atomic mass is 9.88. The Hall–Kier alpha value is -2.77. The number of fused-ring (bicyclic) bond motifs is 8. The molecule has 0 aromatic heterocycles. The summed E-state index contributed by atoms with van der Waals surface area (Å²) in [5.41, 5.74) is 11.0. The number of thioether (sulfide) groups is 1. The summed E-state index contributed by atoms with van der Waals surface area (Å²) in [6, 6.07) is 31.9. The minimum absolute atomic E-state index is 0.483. The molecule has 0 fully saturated rings. The van der Waals surface area contributed by atoms with Crippen molar-refractivity contribution in [1.82, 2.24) is 0 Å². The molecule has 0 aliphatic heterocycles. The highest BCUT2D eigenvalue weighted by Crippen LogP contribution is 2.49. The Kier molecular flexibility index (Phi) is 3.54. The third-order valence-electron chi connectivity index (χ3n) is 6.16. The molecule has 2 aliphatic carbocycles. The maximum Gasteiger partial charge on any atom is 0.0335 e. The van der Waals surface area contributed by atoms with Gasteiger partial charge < -0.3 is 0 Å². The van der Waals surface area contributed by atoms with Gasteiger partial charge in [-0.2, -0.15) is 11.8 Å². The first kappa shape index (κ1) is 16.2. The molecule has 134 valence electrons.